The van der Waals surface area contributed by atoms with E-state index in [2.05, 4.69) is 47.9 Å². The van der Waals surface area contributed by atoms with Crippen molar-refractivity contribution in [3.63, 3.8) is 0 Å². The van der Waals surface area contributed by atoms with Gasteiger partial charge in [0.25, 0.3) is 0 Å². The topological polar surface area (TPSA) is 117 Å². The molecule has 1 aliphatic rings. The normalized spacial score (nSPS) is 16.4. The molecule has 1 aliphatic heterocycles. The molecule has 0 radical (unpaired) electrons. The fourth-order valence-electron chi connectivity index (χ4n) is 3.36. The first-order chi connectivity index (χ1) is 15.0. The van der Waals surface area contributed by atoms with Gasteiger partial charge >= 0.3 is 6.01 Å². The fraction of sp³-hybridized carbons (Fsp3) is 0.429. The third-order valence-electron chi connectivity index (χ3n) is 5.12. The van der Waals surface area contributed by atoms with Crippen LogP contribution in [0.15, 0.2) is 35.3 Å². The number of rotatable bonds is 6. The zero-order valence-electron chi connectivity index (χ0n) is 17.8. The van der Waals surface area contributed by atoms with Gasteiger partial charge in [0.1, 0.15) is 12.7 Å². The second-order valence-corrected chi connectivity index (χ2v) is 7.72. The summed E-state index contributed by atoms with van der Waals surface area (Å²) in [6, 6.07) is 4.61. The molecule has 31 heavy (non-hydrogen) atoms. The number of anilines is 2. The van der Waals surface area contributed by atoms with Gasteiger partial charge < -0.3 is 19.0 Å². The summed E-state index contributed by atoms with van der Waals surface area (Å²) in [5, 5.41) is 17.4. The zero-order chi connectivity index (χ0) is 21.8. The van der Waals surface area contributed by atoms with Crippen LogP contribution in [-0.4, -0.2) is 50.8 Å². The molecule has 4 heterocycles. The van der Waals surface area contributed by atoms with Crippen molar-refractivity contribution < 1.29 is 9.15 Å². The number of nitrogens with zero attached hydrogens (tertiary/aromatic N) is 8. The maximum atomic E-state index is 9.15. The van der Waals surface area contributed by atoms with Crippen molar-refractivity contribution in [3.05, 3.63) is 47.9 Å². The van der Waals surface area contributed by atoms with Crippen LogP contribution in [0.4, 0.5) is 12.0 Å². The molecule has 3 aromatic rings. The van der Waals surface area contributed by atoms with E-state index in [0.29, 0.717) is 29.2 Å². The van der Waals surface area contributed by atoms with Crippen molar-refractivity contribution in [1.82, 2.24) is 25.1 Å². The molecule has 0 bridgehead atoms. The van der Waals surface area contributed by atoms with E-state index in [0.717, 1.165) is 25.2 Å². The molecule has 0 aliphatic carbocycles. The van der Waals surface area contributed by atoms with Gasteiger partial charge in [-0.05, 0) is 13.0 Å². The van der Waals surface area contributed by atoms with E-state index in [1.807, 2.05) is 13.8 Å². The second-order valence-electron chi connectivity index (χ2n) is 7.72. The molecule has 0 spiro atoms. The van der Waals surface area contributed by atoms with Gasteiger partial charge in [0.2, 0.25) is 11.8 Å². The molecule has 1 fully saturated rings. The van der Waals surface area contributed by atoms with E-state index >= 15 is 0 Å². The molecule has 10 nitrogen and oxygen atoms in total. The monoisotopic (exact) mass is 420 g/mol. The predicted octanol–water partition coefficient (Wildman–Crippen LogP) is 2.54. The summed E-state index contributed by atoms with van der Waals surface area (Å²) in [6.45, 7) is 8.65. The summed E-state index contributed by atoms with van der Waals surface area (Å²) in [5.41, 5.74) is 1.27. The minimum absolute atomic E-state index is 0.171. The van der Waals surface area contributed by atoms with E-state index < -0.39 is 0 Å². The number of nitriles is 1. The van der Waals surface area contributed by atoms with E-state index in [4.69, 9.17) is 14.4 Å². The molecule has 10 heteroatoms. The van der Waals surface area contributed by atoms with Crippen LogP contribution in [0.3, 0.4) is 0 Å². The Balaban J connectivity index is 1.36. The van der Waals surface area contributed by atoms with Gasteiger partial charge in [0.15, 0.2) is 5.75 Å². The first-order valence-electron chi connectivity index (χ1n) is 10.2. The highest BCUT2D eigenvalue weighted by Gasteiger charge is 2.28. The van der Waals surface area contributed by atoms with Crippen molar-refractivity contribution in [2.45, 2.75) is 39.3 Å². The molecule has 0 saturated carbocycles. The predicted molar refractivity (Wildman–Crippen MR) is 113 cm³/mol. The van der Waals surface area contributed by atoms with E-state index in [9.17, 15) is 0 Å². The lowest BCUT2D eigenvalue weighted by atomic mass is 10.2. The molecule has 0 N–H and O–H groups in total. The molecule has 1 saturated heterocycles. The minimum atomic E-state index is 0.171. The lowest BCUT2D eigenvalue weighted by Crippen LogP contribution is -2.52. The highest BCUT2D eigenvalue weighted by atomic mass is 16.5. The summed E-state index contributed by atoms with van der Waals surface area (Å²) in [6.07, 6.45) is 6.47. The van der Waals surface area contributed by atoms with Crippen LogP contribution >= 0.6 is 0 Å². The number of hydrogen-bond donors (Lipinski definition) is 0. The van der Waals surface area contributed by atoms with Crippen LogP contribution in [0, 0.1) is 11.3 Å². The van der Waals surface area contributed by atoms with Gasteiger partial charge in [-0.1, -0.05) is 18.9 Å². The largest absolute Gasteiger partial charge is 0.486 e. The standard InChI is InChI=1S/C21H24N8O2/c1-14(2)19-26-27-21(31-19)28-6-7-29(15(3)12-28)20-24-10-18(11-25-20)30-13-16-4-5-23-9-17(16)8-22/h4-5,9-11,14-15H,6-7,12-13H2,1-3H3/t15-/m1/s1. The average molecular weight is 420 g/mol. The van der Waals surface area contributed by atoms with Gasteiger partial charge in [0.05, 0.1) is 18.0 Å². The smallest absolute Gasteiger partial charge is 0.318 e. The van der Waals surface area contributed by atoms with Crippen LogP contribution in [0.5, 0.6) is 5.75 Å². The van der Waals surface area contributed by atoms with Crippen LogP contribution in [-0.2, 0) is 6.61 Å². The fourth-order valence-corrected chi connectivity index (χ4v) is 3.36. The average Bonchev–Trinajstić information content (AvgIpc) is 3.29. The van der Waals surface area contributed by atoms with Crippen LogP contribution in [0.2, 0.25) is 0 Å². The number of pyridine rings is 1. The van der Waals surface area contributed by atoms with Gasteiger partial charge in [-0.3, -0.25) is 4.98 Å². The first-order valence-corrected chi connectivity index (χ1v) is 10.2. The van der Waals surface area contributed by atoms with Crippen LogP contribution in [0.1, 0.15) is 43.7 Å². The second kappa shape index (κ2) is 8.95. The number of hydrogen-bond acceptors (Lipinski definition) is 10. The summed E-state index contributed by atoms with van der Waals surface area (Å²) < 4.78 is 11.5. The Bertz CT molecular complexity index is 1060. The molecule has 0 unspecified atom stereocenters. The minimum Gasteiger partial charge on any atom is -0.486 e. The van der Waals surface area contributed by atoms with Gasteiger partial charge in [-0.25, -0.2) is 9.97 Å². The molecule has 1 atom stereocenters. The number of ether oxygens (including phenoxy) is 1. The van der Waals surface area contributed by atoms with E-state index in [-0.39, 0.29) is 18.6 Å². The Morgan fingerprint density at radius 3 is 2.71 bits per heavy atom. The third kappa shape index (κ3) is 4.55. The van der Waals surface area contributed by atoms with Crippen LogP contribution in [0.25, 0.3) is 0 Å². The Kier molecular flexibility index (Phi) is 5.93. The lowest BCUT2D eigenvalue weighted by molar-refractivity contribution is 0.303. The third-order valence-corrected chi connectivity index (χ3v) is 5.12. The zero-order valence-corrected chi connectivity index (χ0v) is 17.8. The Morgan fingerprint density at radius 1 is 1.23 bits per heavy atom. The first kappa shape index (κ1) is 20.5. The highest BCUT2D eigenvalue weighted by Crippen LogP contribution is 2.23. The van der Waals surface area contributed by atoms with E-state index in [1.54, 1.807) is 24.7 Å². The highest BCUT2D eigenvalue weighted by molar-refractivity contribution is 5.39. The molecule has 0 amide bonds. The van der Waals surface area contributed by atoms with Crippen LogP contribution < -0.4 is 14.5 Å². The van der Waals surface area contributed by atoms with Gasteiger partial charge in [-0.15, -0.1) is 5.10 Å². The Morgan fingerprint density at radius 2 is 2.03 bits per heavy atom. The molecular weight excluding hydrogens is 396 g/mol. The number of piperazine rings is 1. The van der Waals surface area contributed by atoms with Crippen molar-refractivity contribution in [2.75, 3.05) is 29.4 Å². The Labute approximate surface area is 180 Å². The van der Waals surface area contributed by atoms with Crippen molar-refractivity contribution in [3.8, 4) is 11.8 Å². The lowest BCUT2D eigenvalue weighted by Gasteiger charge is -2.38. The molecule has 3 aromatic heterocycles. The van der Waals surface area contributed by atoms with Crippen molar-refractivity contribution in [2.24, 2.45) is 0 Å². The summed E-state index contributed by atoms with van der Waals surface area (Å²) in [5.74, 6) is 2.05. The molecular formula is C21H24N8O2. The molecule has 0 aromatic carbocycles. The SMILES string of the molecule is CC(C)c1nnc(N2CCN(c3ncc(OCc4ccncc4C#N)cn3)[C@H](C)C2)o1. The van der Waals surface area contributed by atoms with E-state index in [1.165, 1.54) is 6.20 Å². The Hall–Kier alpha value is -3.74. The molecule has 4 rings (SSSR count). The van der Waals surface area contributed by atoms with Gasteiger partial charge in [-0.2, -0.15) is 5.26 Å². The summed E-state index contributed by atoms with van der Waals surface area (Å²) >= 11 is 0. The maximum absolute atomic E-state index is 9.15. The summed E-state index contributed by atoms with van der Waals surface area (Å²) in [4.78, 5) is 17.1. The van der Waals surface area contributed by atoms with Crippen molar-refractivity contribution in [1.29, 1.82) is 5.26 Å². The quantitative estimate of drug-likeness (QED) is 0.589. The van der Waals surface area contributed by atoms with Crippen molar-refractivity contribution >= 4 is 12.0 Å². The maximum Gasteiger partial charge on any atom is 0.318 e. The summed E-state index contributed by atoms with van der Waals surface area (Å²) in [7, 11) is 0. The number of aromatic nitrogens is 5. The van der Waals surface area contributed by atoms with Gasteiger partial charge in [0, 0.05) is 49.6 Å². The molecule has 160 valence electrons.